The second kappa shape index (κ2) is 15.8. The molecule has 0 saturated heterocycles. The van der Waals surface area contributed by atoms with Crippen molar-refractivity contribution in [2.45, 2.75) is 32.6 Å². The monoisotopic (exact) mass is 665 g/mol. The molecule has 1 atom stereocenters. The third-order valence-electron chi connectivity index (χ3n) is 6.39. The van der Waals surface area contributed by atoms with Crippen molar-refractivity contribution in [3.05, 3.63) is 92.9 Å². The minimum Gasteiger partial charge on any atom is -0.497 e. The zero-order valence-electron chi connectivity index (χ0n) is 24.0. The van der Waals surface area contributed by atoms with Gasteiger partial charge in [-0.15, -0.1) is 10.2 Å². The van der Waals surface area contributed by atoms with Crippen molar-refractivity contribution >= 4 is 50.4 Å². The summed E-state index contributed by atoms with van der Waals surface area (Å²) >= 11 is 4.57. The zero-order valence-corrected chi connectivity index (χ0v) is 26.4. The van der Waals surface area contributed by atoms with Gasteiger partial charge in [0.2, 0.25) is 11.0 Å². The minimum atomic E-state index is -0.384. The maximum absolute atomic E-state index is 12.4. The van der Waals surface area contributed by atoms with Crippen molar-refractivity contribution in [3.63, 3.8) is 0 Å². The van der Waals surface area contributed by atoms with Crippen LogP contribution in [0.4, 0.5) is 5.13 Å². The van der Waals surface area contributed by atoms with E-state index in [1.807, 2.05) is 30.3 Å². The molecule has 10 nitrogen and oxygen atoms in total. The average Bonchev–Trinajstić information content (AvgIpc) is 3.46. The van der Waals surface area contributed by atoms with Crippen LogP contribution in [0, 0.1) is 0 Å². The first-order valence-corrected chi connectivity index (χ1v) is 15.2. The molecule has 0 aliphatic rings. The highest BCUT2D eigenvalue weighted by molar-refractivity contribution is 9.10. The van der Waals surface area contributed by atoms with Crippen LogP contribution in [0.25, 0.3) is 0 Å². The maximum Gasteiger partial charge on any atom is 0.257 e. The number of anilines is 1. The maximum atomic E-state index is 12.4. The Morgan fingerprint density at radius 1 is 1.00 bits per heavy atom. The molecule has 1 heterocycles. The number of benzene rings is 3. The van der Waals surface area contributed by atoms with Crippen LogP contribution in [0.1, 0.15) is 52.7 Å². The highest BCUT2D eigenvalue weighted by Gasteiger charge is 2.13. The van der Waals surface area contributed by atoms with Gasteiger partial charge in [-0.05, 0) is 72.5 Å². The summed E-state index contributed by atoms with van der Waals surface area (Å²) < 4.78 is 17.7. The molecule has 0 fully saturated rings. The fraction of sp³-hybridized carbons (Fsp3) is 0.258. The lowest BCUT2D eigenvalue weighted by molar-refractivity contribution is -0.120. The van der Waals surface area contributed by atoms with Crippen molar-refractivity contribution in [2.24, 2.45) is 5.10 Å². The average molecular weight is 667 g/mol. The molecular weight excluding hydrogens is 634 g/mol. The Balaban J connectivity index is 1.24. The van der Waals surface area contributed by atoms with Crippen LogP contribution in [0.2, 0.25) is 0 Å². The first-order chi connectivity index (χ1) is 20.8. The van der Waals surface area contributed by atoms with E-state index >= 15 is 0 Å². The van der Waals surface area contributed by atoms with E-state index in [0.29, 0.717) is 46.8 Å². The summed E-state index contributed by atoms with van der Waals surface area (Å²) in [5.74, 6) is 1.83. The van der Waals surface area contributed by atoms with E-state index in [1.54, 1.807) is 31.4 Å². The number of ether oxygens (including phenoxy) is 3. The number of hydrazone groups is 1. The summed E-state index contributed by atoms with van der Waals surface area (Å²) in [6.07, 6.45) is 2.55. The summed E-state index contributed by atoms with van der Waals surface area (Å²) in [5, 5.41) is 15.4. The molecule has 224 valence electrons. The molecule has 0 unspecified atom stereocenters. The largest absolute Gasteiger partial charge is 0.497 e. The van der Waals surface area contributed by atoms with Crippen molar-refractivity contribution in [1.82, 2.24) is 15.6 Å². The Kier molecular flexibility index (Phi) is 11.6. The molecule has 0 radical (unpaired) electrons. The Morgan fingerprint density at radius 2 is 1.72 bits per heavy atom. The summed E-state index contributed by atoms with van der Waals surface area (Å²) in [4.78, 5) is 24.9. The van der Waals surface area contributed by atoms with E-state index in [1.165, 1.54) is 11.8 Å². The third kappa shape index (κ3) is 9.62. The van der Waals surface area contributed by atoms with Gasteiger partial charge in [0.1, 0.15) is 35.5 Å². The number of rotatable bonds is 14. The Labute approximate surface area is 262 Å². The molecule has 0 aliphatic carbocycles. The van der Waals surface area contributed by atoms with Crippen LogP contribution < -0.4 is 25.0 Å². The molecule has 1 aromatic heterocycles. The fourth-order valence-electron chi connectivity index (χ4n) is 3.83. The Hall–Kier alpha value is -4.29. The number of aromatic nitrogens is 2. The summed E-state index contributed by atoms with van der Waals surface area (Å²) in [6, 6.07) is 20.3. The smallest absolute Gasteiger partial charge is 0.257 e. The fourth-order valence-corrected chi connectivity index (χ4v) is 4.94. The van der Waals surface area contributed by atoms with Gasteiger partial charge in [-0.2, -0.15) is 5.10 Å². The number of amides is 2. The molecule has 43 heavy (non-hydrogen) atoms. The SMILES string of the molecule is CC[C@@H](C)c1ccc(OCCOc2ccc(Br)cc2/C=N\NC(=O)Cc2nnc(NC(=O)c3ccc(OC)cc3)s2)cc1. The summed E-state index contributed by atoms with van der Waals surface area (Å²) in [7, 11) is 1.55. The molecule has 0 spiro atoms. The van der Waals surface area contributed by atoms with Gasteiger partial charge in [-0.25, -0.2) is 5.43 Å². The molecule has 2 amide bonds. The number of halogens is 1. The number of nitrogens with one attached hydrogen (secondary N) is 2. The van der Waals surface area contributed by atoms with E-state index in [-0.39, 0.29) is 23.4 Å². The number of carbonyl (C=O) groups is 2. The second-order valence-electron chi connectivity index (χ2n) is 9.41. The van der Waals surface area contributed by atoms with Crippen molar-refractivity contribution < 1.29 is 23.8 Å². The van der Waals surface area contributed by atoms with E-state index in [0.717, 1.165) is 28.0 Å². The van der Waals surface area contributed by atoms with E-state index in [4.69, 9.17) is 14.2 Å². The van der Waals surface area contributed by atoms with Crippen LogP contribution in [0.15, 0.2) is 76.3 Å². The summed E-state index contributed by atoms with van der Waals surface area (Å²) in [5.41, 5.74) is 4.90. The van der Waals surface area contributed by atoms with E-state index in [2.05, 4.69) is 68.0 Å². The lowest BCUT2D eigenvalue weighted by Crippen LogP contribution is -2.19. The van der Waals surface area contributed by atoms with Crippen LogP contribution in [0.3, 0.4) is 0 Å². The Morgan fingerprint density at radius 3 is 2.44 bits per heavy atom. The molecule has 4 aromatic rings. The van der Waals surface area contributed by atoms with Crippen LogP contribution >= 0.6 is 27.3 Å². The van der Waals surface area contributed by atoms with Gasteiger partial charge in [0.15, 0.2) is 0 Å². The molecule has 0 aliphatic heterocycles. The number of methoxy groups -OCH3 is 1. The second-order valence-corrected chi connectivity index (χ2v) is 11.4. The normalized spacial score (nSPS) is 11.6. The third-order valence-corrected chi connectivity index (χ3v) is 7.72. The van der Waals surface area contributed by atoms with Gasteiger partial charge in [0.05, 0.1) is 19.7 Å². The molecule has 12 heteroatoms. The van der Waals surface area contributed by atoms with Gasteiger partial charge in [0, 0.05) is 15.6 Å². The van der Waals surface area contributed by atoms with Crippen molar-refractivity contribution in [2.75, 3.05) is 25.6 Å². The lowest BCUT2D eigenvalue weighted by atomic mass is 9.99. The van der Waals surface area contributed by atoms with Gasteiger partial charge in [-0.1, -0.05) is 53.2 Å². The van der Waals surface area contributed by atoms with Gasteiger partial charge >= 0.3 is 0 Å². The summed E-state index contributed by atoms with van der Waals surface area (Å²) in [6.45, 7) is 5.08. The first kappa shape index (κ1) is 31.6. The topological polar surface area (TPSA) is 124 Å². The molecule has 3 aromatic carbocycles. The van der Waals surface area contributed by atoms with Crippen molar-refractivity contribution in [3.8, 4) is 17.2 Å². The van der Waals surface area contributed by atoms with E-state index < -0.39 is 0 Å². The molecule has 2 N–H and O–H groups in total. The number of hydrogen-bond donors (Lipinski definition) is 2. The molecule has 0 saturated carbocycles. The highest BCUT2D eigenvalue weighted by atomic mass is 79.9. The molecule has 4 rings (SSSR count). The number of carbonyl (C=O) groups excluding carboxylic acids is 2. The van der Waals surface area contributed by atoms with Crippen LogP contribution in [-0.4, -0.2) is 48.5 Å². The van der Waals surface area contributed by atoms with E-state index in [9.17, 15) is 9.59 Å². The minimum absolute atomic E-state index is 0.0507. The quantitative estimate of drug-likeness (QED) is 0.0930. The zero-order chi connectivity index (χ0) is 30.6. The lowest BCUT2D eigenvalue weighted by Gasteiger charge is -2.12. The van der Waals surface area contributed by atoms with Gasteiger partial charge in [0.25, 0.3) is 5.91 Å². The Bertz CT molecular complexity index is 1540. The van der Waals surface area contributed by atoms with Crippen LogP contribution in [-0.2, 0) is 11.2 Å². The number of hydrogen-bond acceptors (Lipinski definition) is 9. The standard InChI is InChI=1S/C31H32BrN5O5S/c1-4-20(2)21-5-12-26(13-6-21)41-15-16-42-27-14-9-24(32)17-23(27)19-33-35-28(38)18-29-36-37-31(43-29)34-30(39)22-7-10-25(40-3)11-8-22/h5-14,17,19-20H,4,15-16,18H2,1-3H3,(H,35,38)(H,34,37,39)/b33-19-/t20-/m1/s1. The van der Waals surface area contributed by atoms with Crippen molar-refractivity contribution in [1.29, 1.82) is 0 Å². The van der Waals surface area contributed by atoms with Gasteiger partial charge < -0.3 is 14.2 Å². The predicted molar refractivity (Wildman–Crippen MR) is 171 cm³/mol. The van der Waals surface area contributed by atoms with Gasteiger partial charge in [-0.3, -0.25) is 14.9 Å². The molecule has 0 bridgehead atoms. The molecular formula is C31H32BrN5O5S. The predicted octanol–water partition coefficient (Wildman–Crippen LogP) is 6.23. The number of nitrogens with zero attached hydrogens (tertiary/aromatic N) is 3. The van der Waals surface area contributed by atoms with Crippen LogP contribution in [0.5, 0.6) is 17.2 Å². The highest BCUT2D eigenvalue weighted by Crippen LogP contribution is 2.23. The first-order valence-electron chi connectivity index (χ1n) is 13.6.